The van der Waals surface area contributed by atoms with E-state index < -0.39 is 0 Å². The lowest BCUT2D eigenvalue weighted by molar-refractivity contribution is 0.483. The predicted octanol–water partition coefficient (Wildman–Crippen LogP) is 13.1. The summed E-state index contributed by atoms with van der Waals surface area (Å²) < 4.78 is 10.8. The number of benzene rings is 4. The average molecular weight is 717 g/mol. The zero-order valence-electron chi connectivity index (χ0n) is 34.3. The van der Waals surface area contributed by atoms with Crippen molar-refractivity contribution in [3.8, 4) is 34.1 Å². The van der Waals surface area contributed by atoms with Crippen LogP contribution < -0.4 is 4.74 Å². The van der Waals surface area contributed by atoms with Gasteiger partial charge in [-0.15, -0.1) is 0 Å². The van der Waals surface area contributed by atoms with E-state index in [2.05, 4.69) is 161 Å². The third kappa shape index (κ3) is 6.63. The number of para-hydroxylation sites is 1. The van der Waals surface area contributed by atoms with Crippen LogP contribution in [0.3, 0.4) is 0 Å². The lowest BCUT2D eigenvalue weighted by Crippen LogP contribution is -2.31. The molecule has 54 heavy (non-hydrogen) atoms. The number of hydrogen-bond donors (Lipinski definition) is 0. The molecule has 0 spiro atoms. The highest BCUT2D eigenvalue weighted by molar-refractivity contribution is 6.09. The van der Waals surface area contributed by atoms with E-state index in [1.807, 2.05) is 29.1 Å². The van der Waals surface area contributed by atoms with Gasteiger partial charge < -0.3 is 4.74 Å². The van der Waals surface area contributed by atoms with E-state index in [9.17, 15) is 0 Å². The van der Waals surface area contributed by atoms with Crippen LogP contribution in [0.5, 0.6) is 11.5 Å². The molecule has 3 heterocycles. The van der Waals surface area contributed by atoms with Gasteiger partial charge in [0.25, 0.3) is 0 Å². The first-order valence-corrected chi connectivity index (χ1v) is 19.5. The Bertz CT molecular complexity index is 2470. The van der Waals surface area contributed by atoms with Crippen molar-refractivity contribution in [3.63, 3.8) is 0 Å². The fraction of sp³-hybridized carbons (Fsp3) is 0.347. The average Bonchev–Trinajstić information content (AvgIpc) is 3.72. The summed E-state index contributed by atoms with van der Waals surface area (Å²) in [5, 5.41) is 7.34. The molecule has 0 bridgehead atoms. The van der Waals surface area contributed by atoms with Gasteiger partial charge in [-0.3, -0.25) is 4.57 Å². The second kappa shape index (κ2) is 13.6. The molecule has 0 amide bonds. The summed E-state index contributed by atoms with van der Waals surface area (Å²) in [6.45, 7) is 28.2. The van der Waals surface area contributed by atoms with Gasteiger partial charge in [-0.2, -0.15) is 5.10 Å². The van der Waals surface area contributed by atoms with Crippen molar-refractivity contribution in [2.45, 2.75) is 112 Å². The molecule has 7 aromatic rings. The molecular formula is C49H56N4O. The summed E-state index contributed by atoms with van der Waals surface area (Å²) in [6.07, 6.45) is 8.06. The van der Waals surface area contributed by atoms with Crippen LogP contribution in [0.4, 0.5) is 0 Å². The Labute approximate surface area is 322 Å². The van der Waals surface area contributed by atoms with E-state index in [-0.39, 0.29) is 16.2 Å². The second-order valence-electron chi connectivity index (χ2n) is 17.9. The number of fused-ring (bicyclic) bond motifs is 3. The maximum Gasteiger partial charge on any atom is 0.137 e. The van der Waals surface area contributed by atoms with Crippen LogP contribution in [0, 0.1) is 6.92 Å². The molecule has 3 aromatic heterocycles. The minimum absolute atomic E-state index is 0.000787. The minimum atomic E-state index is -0.0232. The van der Waals surface area contributed by atoms with Crippen LogP contribution in [-0.2, 0) is 29.1 Å². The third-order valence-electron chi connectivity index (χ3n) is 10.6. The van der Waals surface area contributed by atoms with Crippen LogP contribution in [0.2, 0.25) is 0 Å². The van der Waals surface area contributed by atoms with Gasteiger partial charge >= 0.3 is 0 Å². The summed E-state index contributed by atoms with van der Waals surface area (Å²) >= 11 is 0. The molecule has 0 aliphatic carbocycles. The van der Waals surface area contributed by atoms with Crippen molar-refractivity contribution in [1.82, 2.24) is 19.3 Å². The zero-order valence-corrected chi connectivity index (χ0v) is 34.3. The molecular weight excluding hydrogens is 661 g/mol. The normalized spacial score (nSPS) is 12.6. The molecule has 0 saturated carbocycles. The number of ether oxygens (including phenoxy) is 1. The highest BCUT2D eigenvalue weighted by Crippen LogP contribution is 2.49. The number of hydrogen-bond acceptors (Lipinski definition) is 3. The summed E-state index contributed by atoms with van der Waals surface area (Å²) in [6, 6.07) is 27.2. The van der Waals surface area contributed by atoms with E-state index in [4.69, 9.17) is 14.8 Å². The quantitative estimate of drug-likeness (QED) is 0.165. The Hall–Kier alpha value is -5.16. The van der Waals surface area contributed by atoms with E-state index in [0.717, 1.165) is 57.8 Å². The van der Waals surface area contributed by atoms with E-state index >= 15 is 0 Å². The SMILES string of the molecule is CCc1c(-c2cnn(-c3cccc(Oc4ccc5c6ccccc6n(-c6cc(C)ccn6)c5c4)c3)c2)c(CC)c(C(C)(C)C)c(C(C)(C)C)c1C(C)(C)C. The van der Waals surface area contributed by atoms with Crippen LogP contribution in [-0.4, -0.2) is 19.3 Å². The number of pyridine rings is 1. The third-order valence-corrected chi connectivity index (χ3v) is 10.6. The highest BCUT2D eigenvalue weighted by Gasteiger charge is 2.37. The first-order chi connectivity index (χ1) is 25.5. The maximum absolute atomic E-state index is 6.60. The molecule has 278 valence electrons. The van der Waals surface area contributed by atoms with E-state index in [1.165, 1.54) is 44.3 Å². The van der Waals surface area contributed by atoms with Gasteiger partial charge in [0, 0.05) is 40.9 Å². The Morgan fingerprint density at radius 3 is 1.89 bits per heavy atom. The first kappa shape index (κ1) is 37.2. The monoisotopic (exact) mass is 716 g/mol. The summed E-state index contributed by atoms with van der Waals surface area (Å²) in [4.78, 5) is 4.75. The van der Waals surface area contributed by atoms with Crippen molar-refractivity contribution in [3.05, 3.63) is 131 Å². The van der Waals surface area contributed by atoms with Gasteiger partial charge in [-0.25, -0.2) is 9.67 Å². The zero-order chi connectivity index (χ0) is 38.7. The van der Waals surface area contributed by atoms with Gasteiger partial charge in [-0.05, 0) is 117 Å². The van der Waals surface area contributed by atoms with Crippen molar-refractivity contribution < 1.29 is 4.74 Å². The Morgan fingerprint density at radius 1 is 0.630 bits per heavy atom. The Kier molecular flexibility index (Phi) is 9.36. The van der Waals surface area contributed by atoms with E-state index in [1.54, 1.807) is 0 Å². The molecule has 0 unspecified atom stereocenters. The van der Waals surface area contributed by atoms with Gasteiger partial charge in [-0.1, -0.05) is 100 Å². The molecule has 0 saturated heterocycles. The maximum atomic E-state index is 6.60. The molecule has 0 fully saturated rings. The summed E-state index contributed by atoms with van der Waals surface area (Å²) in [7, 11) is 0. The Morgan fingerprint density at radius 2 is 1.26 bits per heavy atom. The molecule has 0 radical (unpaired) electrons. The molecule has 0 atom stereocenters. The van der Waals surface area contributed by atoms with Gasteiger partial charge in [0.1, 0.15) is 17.3 Å². The number of aromatic nitrogens is 4. The highest BCUT2D eigenvalue weighted by atomic mass is 16.5. The van der Waals surface area contributed by atoms with Crippen LogP contribution in [0.25, 0.3) is 44.4 Å². The molecule has 0 N–H and O–H groups in total. The summed E-state index contributed by atoms with van der Waals surface area (Å²) in [5.41, 5.74) is 14.2. The van der Waals surface area contributed by atoms with Crippen molar-refractivity contribution in [2.75, 3.05) is 0 Å². The van der Waals surface area contributed by atoms with Gasteiger partial charge in [0.2, 0.25) is 0 Å². The summed E-state index contributed by atoms with van der Waals surface area (Å²) in [5.74, 6) is 2.41. The van der Waals surface area contributed by atoms with Crippen molar-refractivity contribution in [1.29, 1.82) is 0 Å². The van der Waals surface area contributed by atoms with Gasteiger partial charge in [0.15, 0.2) is 0 Å². The molecule has 0 aliphatic rings. The van der Waals surface area contributed by atoms with Gasteiger partial charge in [0.05, 0.1) is 22.9 Å². The smallest absolute Gasteiger partial charge is 0.137 e. The molecule has 0 aliphatic heterocycles. The molecule has 5 nitrogen and oxygen atoms in total. The fourth-order valence-electron chi connectivity index (χ4n) is 8.64. The first-order valence-electron chi connectivity index (χ1n) is 19.5. The standard InChI is InChI=1S/C49H56N4O/c1-13-36-43(37(14-2)45(48(7,8)9)46(49(10,11)12)44(36)47(4,5)6)32-29-51-52(30-32)33-18-17-19-34(27-33)54-35-22-23-39-38-20-15-16-21-40(38)53(41(39)28-35)42-26-31(3)24-25-50-42/h15-30H,13-14H2,1-12H3. The number of aryl methyl sites for hydroxylation is 1. The lowest BCUT2D eigenvalue weighted by Gasteiger charge is -2.41. The van der Waals surface area contributed by atoms with Crippen LogP contribution >= 0.6 is 0 Å². The minimum Gasteiger partial charge on any atom is -0.457 e. The fourth-order valence-corrected chi connectivity index (χ4v) is 8.64. The Balaban J connectivity index is 1.31. The predicted molar refractivity (Wildman–Crippen MR) is 227 cm³/mol. The molecule has 7 rings (SSSR count). The van der Waals surface area contributed by atoms with Crippen molar-refractivity contribution in [2.24, 2.45) is 0 Å². The van der Waals surface area contributed by atoms with E-state index in [0.29, 0.717) is 0 Å². The molecule has 4 aromatic carbocycles. The number of rotatable bonds is 7. The largest absolute Gasteiger partial charge is 0.457 e. The van der Waals surface area contributed by atoms with Crippen molar-refractivity contribution >= 4 is 21.8 Å². The number of nitrogens with zero attached hydrogens (tertiary/aromatic N) is 4. The topological polar surface area (TPSA) is 44.9 Å². The second-order valence-corrected chi connectivity index (χ2v) is 17.9. The van der Waals surface area contributed by atoms with Crippen LogP contribution in [0.15, 0.2) is 97.5 Å². The van der Waals surface area contributed by atoms with Crippen LogP contribution in [0.1, 0.15) is 110 Å². The molecule has 5 heteroatoms. The lowest BCUT2D eigenvalue weighted by atomic mass is 9.63.